The Morgan fingerprint density at radius 1 is 1.50 bits per heavy atom. The fraction of sp³-hybridized carbons (Fsp3) is 0.750. The SMILES string of the molecule is CC[C@H]1CC[C@@H]2C(=O)OC(=O)N12. The molecule has 0 N–H and O–H groups in total. The Morgan fingerprint density at radius 2 is 2.25 bits per heavy atom. The van der Waals surface area contributed by atoms with Crippen molar-refractivity contribution in [3.05, 3.63) is 0 Å². The number of esters is 1. The van der Waals surface area contributed by atoms with E-state index in [0.29, 0.717) is 0 Å². The van der Waals surface area contributed by atoms with E-state index in [1.165, 1.54) is 0 Å². The summed E-state index contributed by atoms with van der Waals surface area (Å²) in [7, 11) is 0. The molecule has 0 unspecified atom stereocenters. The number of carbonyl (C=O) groups is 2. The topological polar surface area (TPSA) is 46.6 Å². The minimum absolute atomic E-state index is 0.217. The average Bonchev–Trinajstić information content (AvgIpc) is 2.55. The summed E-state index contributed by atoms with van der Waals surface area (Å²) < 4.78 is 4.51. The zero-order chi connectivity index (χ0) is 8.72. The molecular weight excluding hydrogens is 158 g/mol. The normalized spacial score (nSPS) is 33.9. The van der Waals surface area contributed by atoms with Crippen LogP contribution in [0, 0.1) is 0 Å². The standard InChI is InChI=1S/C8H11NO3/c1-2-5-3-4-6-7(10)12-8(11)9(5)6/h5-6H,2-4H2,1H3/t5-,6+/m0/s1. The van der Waals surface area contributed by atoms with Gasteiger partial charge >= 0.3 is 12.1 Å². The third kappa shape index (κ3) is 0.838. The predicted octanol–water partition coefficient (Wildman–Crippen LogP) is 0.906. The Kier molecular flexibility index (Phi) is 1.56. The number of hydrogen-bond donors (Lipinski definition) is 0. The Labute approximate surface area is 70.5 Å². The fourth-order valence-corrected chi connectivity index (χ4v) is 2.00. The molecule has 2 saturated heterocycles. The van der Waals surface area contributed by atoms with Crippen molar-refractivity contribution in [1.82, 2.24) is 4.90 Å². The van der Waals surface area contributed by atoms with Crippen molar-refractivity contribution < 1.29 is 14.3 Å². The van der Waals surface area contributed by atoms with Crippen LogP contribution in [0.5, 0.6) is 0 Å². The quantitative estimate of drug-likeness (QED) is 0.433. The zero-order valence-electron chi connectivity index (χ0n) is 6.95. The Bertz CT molecular complexity index is 238. The molecule has 0 aromatic rings. The highest BCUT2D eigenvalue weighted by molar-refractivity contribution is 5.96. The second-order valence-corrected chi connectivity index (χ2v) is 3.25. The van der Waals surface area contributed by atoms with Gasteiger partial charge in [0.05, 0.1) is 0 Å². The lowest BCUT2D eigenvalue weighted by molar-refractivity contribution is -0.135. The molecule has 2 fully saturated rings. The van der Waals surface area contributed by atoms with Crippen LogP contribution in [0.1, 0.15) is 26.2 Å². The number of rotatable bonds is 1. The van der Waals surface area contributed by atoms with Crippen molar-refractivity contribution in [2.75, 3.05) is 0 Å². The molecule has 0 aromatic heterocycles. The summed E-state index contributed by atoms with van der Waals surface area (Å²) in [6, 6.07) is -0.0589. The summed E-state index contributed by atoms with van der Waals surface area (Å²) in [5, 5.41) is 0. The maximum absolute atomic E-state index is 11.1. The summed E-state index contributed by atoms with van der Waals surface area (Å²) in [5.41, 5.74) is 0. The van der Waals surface area contributed by atoms with Crippen LogP contribution in [0.15, 0.2) is 0 Å². The highest BCUT2D eigenvalue weighted by atomic mass is 16.6. The van der Waals surface area contributed by atoms with Gasteiger partial charge < -0.3 is 4.74 Å². The van der Waals surface area contributed by atoms with E-state index in [4.69, 9.17) is 0 Å². The Morgan fingerprint density at radius 3 is 2.92 bits per heavy atom. The van der Waals surface area contributed by atoms with E-state index in [0.717, 1.165) is 19.3 Å². The fourth-order valence-electron chi connectivity index (χ4n) is 2.00. The van der Waals surface area contributed by atoms with Gasteiger partial charge in [0.25, 0.3) is 0 Å². The average molecular weight is 169 g/mol. The van der Waals surface area contributed by atoms with Crippen molar-refractivity contribution in [3.63, 3.8) is 0 Å². The number of hydrogen-bond acceptors (Lipinski definition) is 3. The lowest BCUT2D eigenvalue weighted by atomic mass is 10.1. The summed E-state index contributed by atoms with van der Waals surface area (Å²) in [4.78, 5) is 23.7. The number of ether oxygens (including phenoxy) is 1. The molecule has 0 aromatic carbocycles. The first-order chi connectivity index (χ1) is 5.74. The molecular formula is C8H11NO3. The lowest BCUT2D eigenvalue weighted by Gasteiger charge is -2.18. The van der Waals surface area contributed by atoms with Crippen molar-refractivity contribution >= 4 is 12.1 Å². The Balaban J connectivity index is 2.22. The molecule has 2 aliphatic rings. The third-order valence-corrected chi connectivity index (χ3v) is 2.64. The van der Waals surface area contributed by atoms with E-state index in [1.54, 1.807) is 4.90 Å². The first kappa shape index (κ1) is 7.58. The summed E-state index contributed by atoms with van der Waals surface area (Å²) in [5.74, 6) is -0.365. The predicted molar refractivity (Wildman–Crippen MR) is 40.4 cm³/mol. The van der Waals surface area contributed by atoms with E-state index in [1.807, 2.05) is 6.92 Å². The molecule has 4 nitrogen and oxygen atoms in total. The summed E-state index contributed by atoms with van der Waals surface area (Å²) in [6.07, 6.45) is 2.15. The smallest absolute Gasteiger partial charge is 0.375 e. The molecule has 2 aliphatic heterocycles. The van der Waals surface area contributed by atoms with Gasteiger partial charge in [-0.3, -0.25) is 4.90 Å². The van der Waals surface area contributed by atoms with Gasteiger partial charge in [-0.05, 0) is 19.3 Å². The van der Waals surface area contributed by atoms with Crippen LogP contribution in [0.4, 0.5) is 4.79 Å². The molecule has 0 saturated carbocycles. The number of carbonyl (C=O) groups excluding carboxylic acids is 2. The van der Waals surface area contributed by atoms with Crippen LogP contribution in [-0.4, -0.2) is 29.0 Å². The van der Waals surface area contributed by atoms with Crippen LogP contribution in [0.25, 0.3) is 0 Å². The van der Waals surface area contributed by atoms with Crippen molar-refractivity contribution in [2.45, 2.75) is 38.3 Å². The van der Waals surface area contributed by atoms with Gasteiger partial charge in [-0.25, -0.2) is 9.59 Å². The second kappa shape index (κ2) is 2.47. The first-order valence-corrected chi connectivity index (χ1v) is 4.28. The van der Waals surface area contributed by atoms with Crippen LogP contribution in [0.2, 0.25) is 0 Å². The number of fused-ring (bicyclic) bond motifs is 1. The maximum atomic E-state index is 11.1. The third-order valence-electron chi connectivity index (χ3n) is 2.64. The van der Waals surface area contributed by atoms with Crippen LogP contribution in [0.3, 0.4) is 0 Å². The highest BCUT2D eigenvalue weighted by Gasteiger charge is 2.48. The van der Waals surface area contributed by atoms with E-state index < -0.39 is 6.09 Å². The molecule has 1 amide bonds. The van der Waals surface area contributed by atoms with Crippen molar-refractivity contribution in [3.8, 4) is 0 Å². The van der Waals surface area contributed by atoms with Gasteiger partial charge in [-0.15, -0.1) is 0 Å². The van der Waals surface area contributed by atoms with Crippen LogP contribution >= 0.6 is 0 Å². The van der Waals surface area contributed by atoms with Gasteiger partial charge in [-0.2, -0.15) is 0 Å². The van der Waals surface area contributed by atoms with E-state index in [-0.39, 0.29) is 18.1 Å². The van der Waals surface area contributed by atoms with Crippen molar-refractivity contribution in [2.24, 2.45) is 0 Å². The van der Waals surface area contributed by atoms with Gasteiger partial charge in [0, 0.05) is 6.04 Å². The van der Waals surface area contributed by atoms with Gasteiger partial charge in [0.1, 0.15) is 6.04 Å². The molecule has 0 aliphatic carbocycles. The monoisotopic (exact) mass is 169 g/mol. The zero-order valence-corrected chi connectivity index (χ0v) is 6.95. The molecule has 12 heavy (non-hydrogen) atoms. The molecule has 0 bridgehead atoms. The minimum atomic E-state index is -0.450. The maximum Gasteiger partial charge on any atom is 0.418 e. The van der Waals surface area contributed by atoms with Crippen LogP contribution < -0.4 is 0 Å². The molecule has 66 valence electrons. The van der Waals surface area contributed by atoms with E-state index in [9.17, 15) is 9.59 Å². The largest absolute Gasteiger partial charge is 0.418 e. The number of cyclic esters (lactones) is 2. The number of nitrogens with zero attached hydrogens (tertiary/aromatic N) is 1. The molecule has 2 rings (SSSR count). The van der Waals surface area contributed by atoms with Gasteiger partial charge in [0.15, 0.2) is 0 Å². The molecule has 2 heterocycles. The minimum Gasteiger partial charge on any atom is -0.375 e. The number of amides is 1. The Hall–Kier alpha value is -1.06. The van der Waals surface area contributed by atoms with E-state index in [2.05, 4.69) is 4.74 Å². The van der Waals surface area contributed by atoms with Crippen molar-refractivity contribution in [1.29, 1.82) is 0 Å². The molecule has 0 radical (unpaired) electrons. The molecule has 4 heteroatoms. The molecule has 0 spiro atoms. The van der Waals surface area contributed by atoms with Crippen LogP contribution in [-0.2, 0) is 9.53 Å². The second-order valence-electron chi connectivity index (χ2n) is 3.25. The summed E-state index contributed by atoms with van der Waals surface area (Å²) in [6.45, 7) is 2.02. The van der Waals surface area contributed by atoms with Gasteiger partial charge in [0.2, 0.25) is 0 Å². The van der Waals surface area contributed by atoms with E-state index >= 15 is 0 Å². The summed E-state index contributed by atoms with van der Waals surface area (Å²) >= 11 is 0. The first-order valence-electron chi connectivity index (χ1n) is 4.28. The molecule has 2 atom stereocenters. The lowest BCUT2D eigenvalue weighted by Crippen LogP contribution is -2.35. The highest BCUT2D eigenvalue weighted by Crippen LogP contribution is 2.31. The van der Waals surface area contributed by atoms with Gasteiger partial charge in [-0.1, -0.05) is 6.92 Å².